The van der Waals surface area contributed by atoms with Gasteiger partial charge in [0.15, 0.2) is 5.69 Å². The molecule has 0 saturated carbocycles. The Hall–Kier alpha value is -2.49. The van der Waals surface area contributed by atoms with Crippen molar-refractivity contribution in [3.8, 4) is 5.69 Å². The minimum absolute atomic E-state index is 0. The standard InChI is InChI=1S/C16H14FN5O3.Na/c1-9-14(20-13(16(24)25)6-11-7-18-8-19-11)15(23)22(21-9)12-4-2-10(17)3-5-12;/h2-5,7-8,21H,6H2,1H3,(H,18,19)(H,24,25);/q;+1/p-1. The summed E-state index contributed by atoms with van der Waals surface area (Å²) in [6.45, 7) is 1.59. The Morgan fingerprint density at radius 3 is 2.62 bits per heavy atom. The van der Waals surface area contributed by atoms with Gasteiger partial charge in [0.05, 0.1) is 29.4 Å². The van der Waals surface area contributed by atoms with Gasteiger partial charge in [0.2, 0.25) is 0 Å². The van der Waals surface area contributed by atoms with Crippen LogP contribution in [0.15, 0.2) is 46.6 Å². The average molecular weight is 365 g/mol. The Morgan fingerprint density at radius 1 is 1.35 bits per heavy atom. The average Bonchev–Trinajstić information content (AvgIpc) is 3.18. The molecule has 1 aromatic carbocycles. The van der Waals surface area contributed by atoms with Gasteiger partial charge in [-0.05, 0) is 31.2 Å². The number of aryl methyl sites for hydroxylation is 1. The van der Waals surface area contributed by atoms with Crippen LogP contribution in [0, 0.1) is 12.7 Å². The smallest absolute Gasteiger partial charge is 0.543 e. The third-order valence-electron chi connectivity index (χ3n) is 3.52. The predicted molar refractivity (Wildman–Crippen MR) is 85.5 cm³/mol. The molecule has 0 radical (unpaired) electrons. The number of carbonyl (C=O) groups excluding carboxylic acids is 1. The molecule has 0 atom stereocenters. The summed E-state index contributed by atoms with van der Waals surface area (Å²) in [5, 5.41) is 14.1. The van der Waals surface area contributed by atoms with Gasteiger partial charge in [-0.3, -0.25) is 9.89 Å². The number of benzene rings is 1. The van der Waals surface area contributed by atoms with E-state index in [1.807, 2.05) is 0 Å². The Bertz CT molecular complexity index is 990. The number of aliphatic carboxylic acids is 1. The van der Waals surface area contributed by atoms with Crippen LogP contribution in [0.2, 0.25) is 0 Å². The van der Waals surface area contributed by atoms with Crippen LogP contribution in [-0.2, 0) is 11.2 Å². The van der Waals surface area contributed by atoms with Gasteiger partial charge in [-0.2, -0.15) is 0 Å². The van der Waals surface area contributed by atoms with Crippen LogP contribution in [0.3, 0.4) is 0 Å². The molecule has 128 valence electrons. The fourth-order valence-corrected chi connectivity index (χ4v) is 2.30. The van der Waals surface area contributed by atoms with E-state index < -0.39 is 17.3 Å². The Labute approximate surface area is 169 Å². The van der Waals surface area contributed by atoms with E-state index in [1.165, 1.54) is 36.8 Å². The van der Waals surface area contributed by atoms with E-state index in [1.54, 1.807) is 6.92 Å². The van der Waals surface area contributed by atoms with Crippen molar-refractivity contribution in [1.29, 1.82) is 0 Å². The molecule has 0 aliphatic rings. The first-order valence-electron chi connectivity index (χ1n) is 7.29. The molecule has 0 unspecified atom stereocenters. The zero-order chi connectivity index (χ0) is 18.0. The predicted octanol–water partition coefficient (Wildman–Crippen LogP) is -2.59. The maximum Gasteiger partial charge on any atom is 1.00 e. The third kappa shape index (κ3) is 4.18. The molecule has 0 aliphatic carbocycles. The Kier molecular flexibility index (Phi) is 6.30. The van der Waals surface area contributed by atoms with Crippen molar-refractivity contribution in [2.24, 2.45) is 4.99 Å². The van der Waals surface area contributed by atoms with Crippen LogP contribution in [0.5, 0.6) is 0 Å². The van der Waals surface area contributed by atoms with E-state index in [0.29, 0.717) is 17.1 Å². The molecule has 0 fully saturated rings. The second kappa shape index (κ2) is 8.26. The van der Waals surface area contributed by atoms with Gasteiger partial charge in [0.1, 0.15) is 5.82 Å². The molecule has 0 amide bonds. The number of carboxylic acids is 1. The zero-order valence-electron chi connectivity index (χ0n) is 14.1. The number of H-pyrrole nitrogens is 2. The zero-order valence-corrected chi connectivity index (χ0v) is 16.1. The van der Waals surface area contributed by atoms with Crippen LogP contribution in [-0.4, -0.2) is 31.4 Å². The fraction of sp³-hybridized carbons (Fsp3) is 0.125. The first kappa shape index (κ1) is 19.8. The van der Waals surface area contributed by atoms with Gasteiger partial charge in [0, 0.05) is 18.3 Å². The number of hydrogen-bond acceptors (Lipinski definition) is 5. The second-order valence-corrected chi connectivity index (χ2v) is 5.30. The molecule has 3 aromatic rings. The summed E-state index contributed by atoms with van der Waals surface area (Å²) in [7, 11) is 0. The summed E-state index contributed by atoms with van der Waals surface area (Å²) in [5.41, 5.74) is 0.386. The molecule has 2 heterocycles. The third-order valence-corrected chi connectivity index (χ3v) is 3.52. The molecule has 0 spiro atoms. The van der Waals surface area contributed by atoms with E-state index in [2.05, 4.69) is 20.1 Å². The molecular formula is C16H13FN5NaO3. The number of aromatic nitrogens is 4. The van der Waals surface area contributed by atoms with Crippen LogP contribution in [0.1, 0.15) is 11.4 Å². The number of hydrogen-bond donors (Lipinski definition) is 2. The molecule has 0 aliphatic heterocycles. The van der Waals surface area contributed by atoms with Crippen LogP contribution >= 0.6 is 0 Å². The van der Waals surface area contributed by atoms with Gasteiger partial charge in [0.25, 0.3) is 5.56 Å². The van der Waals surface area contributed by atoms with Crippen molar-refractivity contribution in [1.82, 2.24) is 19.7 Å². The summed E-state index contributed by atoms with van der Waals surface area (Å²) in [4.78, 5) is 34.4. The Morgan fingerprint density at radius 2 is 2.04 bits per heavy atom. The number of aromatic amines is 2. The number of nitrogens with one attached hydrogen (secondary N) is 2. The van der Waals surface area contributed by atoms with Gasteiger partial charge in [-0.25, -0.2) is 19.0 Å². The second-order valence-electron chi connectivity index (χ2n) is 5.30. The molecular weight excluding hydrogens is 352 g/mol. The molecule has 3 rings (SSSR count). The molecule has 2 aromatic heterocycles. The van der Waals surface area contributed by atoms with Crippen molar-refractivity contribution in [2.75, 3.05) is 0 Å². The van der Waals surface area contributed by atoms with Gasteiger partial charge < -0.3 is 14.9 Å². The fourth-order valence-electron chi connectivity index (χ4n) is 2.30. The summed E-state index contributed by atoms with van der Waals surface area (Å²) in [6, 6.07) is 5.27. The van der Waals surface area contributed by atoms with Crippen molar-refractivity contribution >= 4 is 17.4 Å². The van der Waals surface area contributed by atoms with Crippen molar-refractivity contribution in [3.05, 3.63) is 64.3 Å². The Balaban J connectivity index is 0.00000243. The van der Waals surface area contributed by atoms with Gasteiger partial charge >= 0.3 is 29.6 Å². The molecule has 2 N–H and O–H groups in total. The van der Waals surface area contributed by atoms with E-state index >= 15 is 0 Å². The number of carboxylic acid groups (broad SMARTS) is 1. The number of halogens is 1. The molecule has 10 heteroatoms. The summed E-state index contributed by atoms with van der Waals surface area (Å²) < 4.78 is 14.2. The summed E-state index contributed by atoms with van der Waals surface area (Å²) in [6.07, 6.45) is 2.80. The van der Waals surface area contributed by atoms with E-state index in [0.717, 1.165) is 4.68 Å². The molecule has 0 bridgehead atoms. The van der Waals surface area contributed by atoms with Crippen LogP contribution in [0.25, 0.3) is 5.69 Å². The quantitative estimate of drug-likeness (QED) is 0.381. The van der Waals surface area contributed by atoms with E-state index in [-0.39, 0.29) is 47.4 Å². The number of rotatable bonds is 5. The summed E-state index contributed by atoms with van der Waals surface area (Å²) >= 11 is 0. The summed E-state index contributed by atoms with van der Waals surface area (Å²) in [5.74, 6) is -1.92. The molecule has 0 saturated heterocycles. The number of nitrogens with zero attached hydrogens (tertiary/aromatic N) is 3. The molecule has 8 nitrogen and oxygen atoms in total. The first-order chi connectivity index (χ1) is 12.0. The maximum atomic E-state index is 13.0. The van der Waals surface area contributed by atoms with Gasteiger partial charge in [-0.1, -0.05) is 0 Å². The van der Waals surface area contributed by atoms with Gasteiger partial charge in [-0.15, -0.1) is 0 Å². The molecule has 26 heavy (non-hydrogen) atoms. The SMILES string of the molecule is Cc1[nH]n(-c2ccc(F)cc2)c(=O)c1N=C(Cc1cnc[nH]1)C(=O)[O-].[Na+]. The van der Waals surface area contributed by atoms with Crippen molar-refractivity contribution < 1.29 is 43.8 Å². The van der Waals surface area contributed by atoms with Crippen LogP contribution in [0.4, 0.5) is 10.1 Å². The normalized spacial score (nSPS) is 11.2. The topological polar surface area (TPSA) is 119 Å². The largest absolute Gasteiger partial charge is 1.00 e. The van der Waals surface area contributed by atoms with Crippen molar-refractivity contribution in [3.63, 3.8) is 0 Å². The van der Waals surface area contributed by atoms with Crippen molar-refractivity contribution in [2.45, 2.75) is 13.3 Å². The van der Waals surface area contributed by atoms with E-state index in [9.17, 15) is 19.1 Å². The van der Waals surface area contributed by atoms with Crippen LogP contribution < -0.4 is 40.2 Å². The minimum atomic E-state index is -1.48. The maximum absolute atomic E-state index is 13.0. The monoisotopic (exact) mass is 365 g/mol. The number of carbonyl (C=O) groups is 1. The van der Waals surface area contributed by atoms with E-state index in [4.69, 9.17) is 0 Å². The first-order valence-corrected chi connectivity index (χ1v) is 7.29. The number of imidazole rings is 1. The number of aliphatic imine (C=N–C) groups is 1. The minimum Gasteiger partial charge on any atom is -0.543 e.